The monoisotopic (exact) mass is 371 g/mol. The van der Waals surface area contributed by atoms with Crippen LogP contribution in [0, 0.1) is 11.7 Å². The largest absolute Gasteiger partial charge is 0.378 e. The minimum Gasteiger partial charge on any atom is -0.378 e. The minimum absolute atomic E-state index is 0.180. The molecule has 2 unspecified atom stereocenters. The Morgan fingerprint density at radius 2 is 2.00 bits per heavy atom. The fourth-order valence-corrected chi connectivity index (χ4v) is 3.69. The zero-order valence-electron chi connectivity index (χ0n) is 15.3. The van der Waals surface area contributed by atoms with Gasteiger partial charge < -0.3 is 15.0 Å². The van der Waals surface area contributed by atoms with E-state index in [4.69, 9.17) is 4.74 Å². The van der Waals surface area contributed by atoms with Crippen molar-refractivity contribution in [2.45, 2.75) is 12.6 Å². The van der Waals surface area contributed by atoms with E-state index in [0.717, 1.165) is 57.3 Å². The number of benzene rings is 1. The van der Waals surface area contributed by atoms with Gasteiger partial charge in [0.1, 0.15) is 11.6 Å². The predicted molar refractivity (Wildman–Crippen MR) is 103 cm³/mol. The lowest BCUT2D eigenvalue weighted by molar-refractivity contribution is 0.122. The number of nitrogens with zero attached hydrogens (tertiary/aromatic N) is 2. The van der Waals surface area contributed by atoms with Crippen molar-refractivity contribution >= 4 is 5.82 Å². The molecule has 0 radical (unpaired) electrons. The smallest absolute Gasteiger partial charge is 0.128 e. The Kier molecular flexibility index (Phi) is 5.94. The molecular formula is C20H26FN5O. The van der Waals surface area contributed by atoms with Crippen LogP contribution in [0.15, 0.2) is 42.6 Å². The summed E-state index contributed by atoms with van der Waals surface area (Å²) >= 11 is 0. The fraction of sp³-hybridized carbons (Fsp3) is 0.450. The predicted octanol–water partition coefficient (Wildman–Crippen LogP) is 1.61. The van der Waals surface area contributed by atoms with Crippen LogP contribution in [0.5, 0.6) is 0 Å². The molecule has 144 valence electrons. The van der Waals surface area contributed by atoms with Crippen LogP contribution in [0.4, 0.5) is 10.2 Å². The molecule has 2 aliphatic heterocycles. The number of anilines is 1. The molecule has 3 N–H and O–H groups in total. The summed E-state index contributed by atoms with van der Waals surface area (Å²) in [4.78, 5) is 6.77. The van der Waals surface area contributed by atoms with E-state index in [0.29, 0.717) is 5.92 Å². The Bertz CT molecular complexity index is 735. The van der Waals surface area contributed by atoms with Gasteiger partial charge in [-0.2, -0.15) is 0 Å². The first kappa shape index (κ1) is 18.3. The van der Waals surface area contributed by atoms with Gasteiger partial charge in [0.25, 0.3) is 0 Å². The third kappa shape index (κ3) is 4.62. The second kappa shape index (κ2) is 8.75. The first-order chi connectivity index (χ1) is 13.3. The molecule has 0 spiro atoms. The molecule has 2 atom stereocenters. The van der Waals surface area contributed by atoms with Crippen LogP contribution in [0.3, 0.4) is 0 Å². The van der Waals surface area contributed by atoms with Crippen LogP contribution in [0.1, 0.15) is 17.2 Å². The summed E-state index contributed by atoms with van der Waals surface area (Å²) in [5.41, 5.74) is 8.86. The van der Waals surface area contributed by atoms with Crippen molar-refractivity contribution in [3.8, 4) is 0 Å². The molecule has 2 aliphatic rings. The van der Waals surface area contributed by atoms with E-state index >= 15 is 0 Å². The van der Waals surface area contributed by atoms with Crippen molar-refractivity contribution < 1.29 is 9.13 Å². The summed E-state index contributed by atoms with van der Waals surface area (Å²) in [6.07, 6.45) is 1.88. The molecule has 0 aliphatic carbocycles. The number of pyridine rings is 1. The first-order valence-electron chi connectivity index (χ1n) is 9.52. The molecule has 1 aromatic carbocycles. The molecule has 1 aromatic heterocycles. The maximum absolute atomic E-state index is 13.2. The number of hydrazine groups is 1. The zero-order valence-corrected chi connectivity index (χ0v) is 15.3. The fourth-order valence-electron chi connectivity index (χ4n) is 3.69. The van der Waals surface area contributed by atoms with Gasteiger partial charge in [-0.15, -0.1) is 0 Å². The van der Waals surface area contributed by atoms with Crippen LogP contribution in [-0.4, -0.2) is 44.4 Å². The van der Waals surface area contributed by atoms with E-state index in [-0.39, 0.29) is 11.9 Å². The van der Waals surface area contributed by atoms with E-state index < -0.39 is 0 Å². The Morgan fingerprint density at radius 3 is 2.81 bits per heavy atom. The lowest BCUT2D eigenvalue weighted by Crippen LogP contribution is -2.36. The number of aromatic nitrogens is 1. The number of ether oxygens (including phenoxy) is 1. The number of morpholine rings is 1. The molecular weight excluding hydrogens is 345 g/mol. The van der Waals surface area contributed by atoms with Gasteiger partial charge in [0.15, 0.2) is 0 Å². The average Bonchev–Trinajstić information content (AvgIpc) is 3.18. The summed E-state index contributed by atoms with van der Waals surface area (Å²) in [6, 6.07) is 11.1. The minimum atomic E-state index is -0.201. The van der Waals surface area contributed by atoms with Crippen LogP contribution in [0.2, 0.25) is 0 Å². The Labute approximate surface area is 159 Å². The molecule has 6 nitrogen and oxygen atoms in total. The Balaban J connectivity index is 1.32. The third-order valence-electron chi connectivity index (χ3n) is 5.20. The second-order valence-electron chi connectivity index (χ2n) is 7.07. The van der Waals surface area contributed by atoms with E-state index in [1.807, 2.05) is 18.3 Å². The van der Waals surface area contributed by atoms with Gasteiger partial charge in [0.05, 0.1) is 19.3 Å². The van der Waals surface area contributed by atoms with Crippen LogP contribution in [0.25, 0.3) is 0 Å². The highest BCUT2D eigenvalue weighted by atomic mass is 19.1. The summed E-state index contributed by atoms with van der Waals surface area (Å²) in [5.74, 6) is 1.22. The van der Waals surface area contributed by atoms with Crippen molar-refractivity contribution in [1.29, 1.82) is 0 Å². The molecule has 2 saturated heterocycles. The van der Waals surface area contributed by atoms with Crippen LogP contribution >= 0.6 is 0 Å². The highest BCUT2D eigenvalue weighted by Crippen LogP contribution is 2.24. The van der Waals surface area contributed by atoms with Gasteiger partial charge in [-0.05, 0) is 35.4 Å². The van der Waals surface area contributed by atoms with E-state index in [1.54, 1.807) is 0 Å². The summed E-state index contributed by atoms with van der Waals surface area (Å²) in [5, 5.41) is 3.56. The third-order valence-corrected chi connectivity index (χ3v) is 5.20. The Hall–Kier alpha value is -2.06. The van der Waals surface area contributed by atoms with Crippen molar-refractivity contribution in [2.75, 3.05) is 44.3 Å². The molecule has 0 amide bonds. The highest BCUT2D eigenvalue weighted by molar-refractivity contribution is 5.41. The lowest BCUT2D eigenvalue weighted by atomic mass is 9.95. The van der Waals surface area contributed by atoms with Gasteiger partial charge in [-0.25, -0.2) is 14.8 Å². The normalized spacial score (nSPS) is 22.9. The highest BCUT2D eigenvalue weighted by Gasteiger charge is 2.27. The van der Waals surface area contributed by atoms with E-state index in [2.05, 4.69) is 38.2 Å². The molecule has 27 heavy (non-hydrogen) atoms. The summed E-state index contributed by atoms with van der Waals surface area (Å²) in [6.45, 7) is 5.85. The van der Waals surface area contributed by atoms with Gasteiger partial charge in [-0.1, -0.05) is 12.1 Å². The standard InChI is InChI=1S/C20H26FN5O/c21-18-3-1-16(2-4-18)20-17(14-24-25-20)13-22-12-15-5-6-23-19(11-15)26-7-9-27-10-8-26/h1-6,11,17,20,22,24-25H,7-10,12-14H2. The van der Waals surface area contributed by atoms with E-state index in [1.165, 1.54) is 17.7 Å². The van der Waals surface area contributed by atoms with Gasteiger partial charge in [-0.3, -0.25) is 5.43 Å². The lowest BCUT2D eigenvalue weighted by Gasteiger charge is -2.28. The van der Waals surface area contributed by atoms with Crippen molar-refractivity contribution in [3.05, 3.63) is 59.5 Å². The van der Waals surface area contributed by atoms with Crippen LogP contribution < -0.4 is 21.1 Å². The molecule has 0 saturated carbocycles. The molecule has 4 rings (SSSR count). The number of nitrogens with one attached hydrogen (secondary N) is 3. The maximum Gasteiger partial charge on any atom is 0.128 e. The molecule has 3 heterocycles. The molecule has 2 fully saturated rings. The zero-order chi connectivity index (χ0) is 18.5. The second-order valence-corrected chi connectivity index (χ2v) is 7.07. The topological polar surface area (TPSA) is 61.5 Å². The molecule has 7 heteroatoms. The number of halogens is 1. The maximum atomic E-state index is 13.2. The van der Waals surface area contributed by atoms with Gasteiger partial charge in [0, 0.05) is 44.8 Å². The first-order valence-corrected chi connectivity index (χ1v) is 9.52. The van der Waals surface area contributed by atoms with E-state index in [9.17, 15) is 4.39 Å². The quantitative estimate of drug-likeness (QED) is 0.717. The summed E-state index contributed by atoms with van der Waals surface area (Å²) in [7, 11) is 0. The molecule has 2 aromatic rings. The SMILES string of the molecule is Fc1ccc(C2NNCC2CNCc2ccnc(N3CCOCC3)c2)cc1. The number of hydrogen-bond acceptors (Lipinski definition) is 6. The number of hydrogen-bond donors (Lipinski definition) is 3. The van der Waals surface area contributed by atoms with Crippen molar-refractivity contribution in [3.63, 3.8) is 0 Å². The summed E-state index contributed by atoms with van der Waals surface area (Å²) < 4.78 is 18.6. The number of rotatable bonds is 6. The molecule has 0 bridgehead atoms. The van der Waals surface area contributed by atoms with Crippen LogP contribution in [-0.2, 0) is 11.3 Å². The van der Waals surface area contributed by atoms with Crippen molar-refractivity contribution in [1.82, 2.24) is 21.2 Å². The van der Waals surface area contributed by atoms with Gasteiger partial charge >= 0.3 is 0 Å². The van der Waals surface area contributed by atoms with Gasteiger partial charge in [0.2, 0.25) is 0 Å². The van der Waals surface area contributed by atoms with Crippen molar-refractivity contribution in [2.24, 2.45) is 5.92 Å². The Morgan fingerprint density at radius 1 is 1.19 bits per heavy atom. The average molecular weight is 371 g/mol.